The summed E-state index contributed by atoms with van der Waals surface area (Å²) in [6.07, 6.45) is 5.34. The topological polar surface area (TPSA) is 27.1 Å². The quantitative estimate of drug-likeness (QED) is 0.648. The van der Waals surface area contributed by atoms with Crippen LogP contribution in [0.2, 0.25) is 0 Å². The lowest BCUT2D eigenvalue weighted by molar-refractivity contribution is 0.415. The highest BCUT2D eigenvalue weighted by molar-refractivity contribution is 7.79. The minimum atomic E-state index is 0.513. The number of ether oxygens (including phenoxy) is 1. The van der Waals surface area contributed by atoms with Gasteiger partial charge < -0.3 is 9.30 Å². The maximum absolute atomic E-state index is 5.34. The van der Waals surface area contributed by atoms with Crippen molar-refractivity contribution >= 4 is 23.7 Å². The van der Waals surface area contributed by atoms with E-state index < -0.39 is 0 Å². The SMILES string of the molecule is C#CCn1c(CS)nc2cc(OC)ccc21. The largest absolute Gasteiger partial charge is 0.497 e. The van der Waals surface area contributed by atoms with Crippen molar-refractivity contribution in [3.8, 4) is 18.1 Å². The minimum Gasteiger partial charge on any atom is -0.497 e. The van der Waals surface area contributed by atoms with Crippen molar-refractivity contribution in [1.29, 1.82) is 0 Å². The molecule has 1 aromatic carbocycles. The van der Waals surface area contributed by atoms with Crippen LogP contribution in [0.25, 0.3) is 11.0 Å². The molecule has 4 heteroatoms. The second-order valence-corrected chi connectivity index (χ2v) is 3.65. The van der Waals surface area contributed by atoms with Crippen molar-refractivity contribution in [2.24, 2.45) is 0 Å². The molecule has 0 aliphatic heterocycles. The van der Waals surface area contributed by atoms with Crippen molar-refractivity contribution < 1.29 is 4.74 Å². The van der Waals surface area contributed by atoms with Gasteiger partial charge in [0.25, 0.3) is 0 Å². The molecule has 2 rings (SSSR count). The van der Waals surface area contributed by atoms with Crippen LogP contribution in [-0.2, 0) is 12.3 Å². The van der Waals surface area contributed by atoms with Crippen LogP contribution < -0.4 is 4.74 Å². The summed E-state index contributed by atoms with van der Waals surface area (Å²) < 4.78 is 7.14. The van der Waals surface area contributed by atoms with Crippen molar-refractivity contribution in [2.75, 3.05) is 7.11 Å². The van der Waals surface area contributed by atoms with Gasteiger partial charge in [-0.25, -0.2) is 4.98 Å². The maximum Gasteiger partial charge on any atom is 0.121 e. The Morgan fingerprint density at radius 3 is 3.00 bits per heavy atom. The van der Waals surface area contributed by atoms with Gasteiger partial charge in [-0.2, -0.15) is 12.6 Å². The van der Waals surface area contributed by atoms with E-state index in [4.69, 9.17) is 11.2 Å². The highest BCUT2D eigenvalue weighted by Gasteiger charge is 2.09. The fraction of sp³-hybridized carbons (Fsp3) is 0.250. The summed E-state index contributed by atoms with van der Waals surface area (Å²) in [5, 5.41) is 0. The summed E-state index contributed by atoms with van der Waals surface area (Å²) in [6.45, 7) is 0.513. The van der Waals surface area contributed by atoms with Gasteiger partial charge in [0.2, 0.25) is 0 Å². The first-order chi connectivity index (χ1) is 7.80. The van der Waals surface area contributed by atoms with E-state index >= 15 is 0 Å². The molecule has 0 saturated heterocycles. The molecule has 2 aromatic rings. The van der Waals surface area contributed by atoms with Crippen LogP contribution in [0.4, 0.5) is 0 Å². The zero-order valence-corrected chi connectivity index (χ0v) is 9.87. The Hall–Kier alpha value is -1.60. The van der Waals surface area contributed by atoms with Crippen molar-refractivity contribution in [3.05, 3.63) is 24.0 Å². The van der Waals surface area contributed by atoms with Gasteiger partial charge in [0.05, 0.1) is 24.7 Å². The molecular weight excluding hydrogens is 220 g/mol. The number of benzene rings is 1. The number of hydrogen-bond donors (Lipinski definition) is 1. The minimum absolute atomic E-state index is 0.513. The molecule has 0 saturated carbocycles. The normalized spacial score (nSPS) is 10.3. The summed E-state index contributed by atoms with van der Waals surface area (Å²) in [5.41, 5.74) is 1.90. The Bertz CT molecular complexity index is 554. The molecule has 0 fully saturated rings. The van der Waals surface area contributed by atoms with Crippen molar-refractivity contribution in [2.45, 2.75) is 12.3 Å². The molecule has 0 radical (unpaired) electrons. The Balaban J connectivity index is 2.63. The Morgan fingerprint density at radius 2 is 2.38 bits per heavy atom. The van der Waals surface area contributed by atoms with Gasteiger partial charge in [0.15, 0.2) is 0 Å². The predicted octanol–water partition coefficient (Wildman–Crippen LogP) is 2.11. The standard InChI is InChI=1S/C12H12N2OS/c1-3-6-14-11-5-4-9(15-2)7-10(11)13-12(14)8-16/h1,4-5,7,16H,6,8H2,2H3. The number of hydrogen-bond acceptors (Lipinski definition) is 3. The van der Waals surface area contributed by atoms with Crippen LogP contribution in [0.15, 0.2) is 18.2 Å². The molecule has 0 spiro atoms. The van der Waals surface area contributed by atoms with E-state index in [0.717, 1.165) is 22.6 Å². The van der Waals surface area contributed by atoms with E-state index in [9.17, 15) is 0 Å². The second-order valence-electron chi connectivity index (χ2n) is 3.33. The molecule has 1 heterocycles. The number of thiol groups is 1. The molecule has 0 amide bonds. The van der Waals surface area contributed by atoms with Gasteiger partial charge in [-0.3, -0.25) is 0 Å². The van der Waals surface area contributed by atoms with E-state index in [1.165, 1.54) is 0 Å². The lowest BCUT2D eigenvalue weighted by atomic mass is 10.3. The van der Waals surface area contributed by atoms with E-state index in [-0.39, 0.29) is 0 Å². The van der Waals surface area contributed by atoms with Crippen molar-refractivity contribution in [1.82, 2.24) is 9.55 Å². The first-order valence-electron chi connectivity index (χ1n) is 4.87. The first-order valence-corrected chi connectivity index (χ1v) is 5.51. The second kappa shape index (κ2) is 4.50. The monoisotopic (exact) mass is 232 g/mol. The van der Waals surface area contributed by atoms with Crippen LogP contribution in [0.1, 0.15) is 5.82 Å². The molecule has 3 nitrogen and oxygen atoms in total. The number of methoxy groups -OCH3 is 1. The molecule has 0 aliphatic carbocycles. The third kappa shape index (κ3) is 1.74. The third-order valence-electron chi connectivity index (χ3n) is 2.43. The highest BCUT2D eigenvalue weighted by Crippen LogP contribution is 2.22. The molecule has 0 bridgehead atoms. The Labute approximate surface area is 99.8 Å². The van der Waals surface area contributed by atoms with Crippen LogP contribution >= 0.6 is 12.6 Å². The number of rotatable bonds is 3. The van der Waals surface area contributed by atoms with Gasteiger partial charge >= 0.3 is 0 Å². The summed E-state index contributed by atoms with van der Waals surface area (Å²) in [4.78, 5) is 4.47. The fourth-order valence-electron chi connectivity index (χ4n) is 1.67. The summed E-state index contributed by atoms with van der Waals surface area (Å²) in [5.74, 6) is 4.87. The van der Waals surface area contributed by atoms with Gasteiger partial charge in [0, 0.05) is 11.8 Å². The molecule has 0 N–H and O–H groups in total. The lowest BCUT2D eigenvalue weighted by Crippen LogP contribution is -2.00. The predicted molar refractivity (Wildman–Crippen MR) is 67.8 cm³/mol. The van der Waals surface area contributed by atoms with Crippen LogP contribution in [0.3, 0.4) is 0 Å². The molecule has 0 unspecified atom stereocenters. The number of terminal acetylenes is 1. The highest BCUT2D eigenvalue weighted by atomic mass is 32.1. The number of fused-ring (bicyclic) bond motifs is 1. The van der Waals surface area contributed by atoms with Gasteiger partial charge in [-0.1, -0.05) is 5.92 Å². The third-order valence-corrected chi connectivity index (χ3v) is 2.71. The molecule has 0 aliphatic rings. The van der Waals surface area contributed by atoms with Gasteiger partial charge in [-0.05, 0) is 12.1 Å². The number of nitrogens with zero attached hydrogens (tertiary/aromatic N) is 2. The van der Waals surface area contributed by atoms with Gasteiger partial charge in [0.1, 0.15) is 11.6 Å². The zero-order valence-electron chi connectivity index (χ0n) is 8.97. The zero-order chi connectivity index (χ0) is 11.5. The van der Waals surface area contributed by atoms with E-state index in [0.29, 0.717) is 12.3 Å². The average molecular weight is 232 g/mol. The number of aromatic nitrogens is 2. The molecular formula is C12H12N2OS. The average Bonchev–Trinajstić information content (AvgIpc) is 2.67. The summed E-state index contributed by atoms with van der Waals surface area (Å²) >= 11 is 4.25. The first kappa shape index (κ1) is 10.9. The molecule has 82 valence electrons. The fourth-order valence-corrected chi connectivity index (χ4v) is 1.92. The molecule has 16 heavy (non-hydrogen) atoms. The van der Waals surface area contributed by atoms with E-state index in [1.807, 2.05) is 22.8 Å². The Kier molecular flexibility index (Phi) is 3.07. The van der Waals surface area contributed by atoms with Crippen LogP contribution in [0.5, 0.6) is 5.75 Å². The van der Waals surface area contributed by atoms with Crippen LogP contribution in [0, 0.1) is 12.3 Å². The summed E-state index contributed by atoms with van der Waals surface area (Å²) in [6, 6.07) is 5.76. The van der Waals surface area contributed by atoms with Crippen LogP contribution in [-0.4, -0.2) is 16.7 Å². The number of imidazole rings is 1. The smallest absolute Gasteiger partial charge is 0.121 e. The lowest BCUT2D eigenvalue weighted by Gasteiger charge is -2.03. The molecule has 1 aromatic heterocycles. The summed E-state index contributed by atoms with van der Waals surface area (Å²) in [7, 11) is 1.64. The van der Waals surface area contributed by atoms with Gasteiger partial charge in [-0.15, -0.1) is 6.42 Å². The molecule has 0 atom stereocenters. The maximum atomic E-state index is 5.34. The van der Waals surface area contributed by atoms with Crippen molar-refractivity contribution in [3.63, 3.8) is 0 Å². The Morgan fingerprint density at radius 1 is 1.56 bits per heavy atom. The van der Waals surface area contributed by atoms with E-state index in [1.54, 1.807) is 7.11 Å². The van der Waals surface area contributed by atoms with E-state index in [2.05, 4.69) is 23.5 Å².